The van der Waals surface area contributed by atoms with E-state index in [1.54, 1.807) is 0 Å². The van der Waals surface area contributed by atoms with Crippen molar-refractivity contribution in [2.24, 2.45) is 0 Å². The van der Waals surface area contributed by atoms with Crippen LogP contribution in [0, 0.1) is 0 Å². The normalized spacial score (nSPS) is 9.55. The van der Waals surface area contributed by atoms with E-state index < -0.39 is 17.2 Å². The number of hydrogen-bond acceptors (Lipinski definition) is 3. The van der Waals surface area contributed by atoms with Gasteiger partial charge in [0.15, 0.2) is 0 Å². The number of nitrogens with zero attached hydrogens (tertiary/aromatic N) is 1. The van der Waals surface area contributed by atoms with Crippen LogP contribution in [-0.4, -0.2) is 21.0 Å². The molecule has 58 valence electrons. The molecule has 0 bridgehead atoms. The van der Waals surface area contributed by atoms with Gasteiger partial charge in [-0.3, -0.25) is 4.79 Å². The van der Waals surface area contributed by atoms with Crippen LogP contribution in [0.4, 0.5) is 0 Å². The topological polar surface area (TPSA) is 83.0 Å². The Morgan fingerprint density at radius 1 is 1.73 bits per heavy atom. The number of carboxylic acids is 1. The van der Waals surface area contributed by atoms with E-state index in [-0.39, 0.29) is 0 Å². The minimum atomic E-state index is -1.33. The van der Waals surface area contributed by atoms with Crippen LogP contribution in [0.3, 0.4) is 0 Å². The van der Waals surface area contributed by atoms with Crippen molar-refractivity contribution < 1.29 is 9.90 Å². The smallest absolute Gasteiger partial charge is 0.360 e. The summed E-state index contributed by atoms with van der Waals surface area (Å²) in [7, 11) is 0. The molecule has 0 aliphatic rings. The van der Waals surface area contributed by atoms with Gasteiger partial charge in [-0.1, -0.05) is 0 Å². The summed E-state index contributed by atoms with van der Waals surface area (Å²) < 4.78 is 0.354. The molecule has 0 amide bonds. The SMILES string of the molecule is O=C(O)c1ncc(Br)[nH]c1=O. The molecule has 0 aliphatic heterocycles. The van der Waals surface area contributed by atoms with Gasteiger partial charge in [0.2, 0.25) is 5.69 Å². The predicted molar refractivity (Wildman–Crippen MR) is 39.5 cm³/mol. The maximum absolute atomic E-state index is 10.8. The Labute approximate surface area is 69.2 Å². The molecule has 0 spiro atoms. The first-order chi connectivity index (χ1) is 5.11. The first kappa shape index (κ1) is 7.93. The summed E-state index contributed by atoms with van der Waals surface area (Å²) in [4.78, 5) is 26.6. The first-order valence-electron chi connectivity index (χ1n) is 2.59. The predicted octanol–water partition coefficient (Wildman–Crippen LogP) is 0.231. The average molecular weight is 219 g/mol. The quantitative estimate of drug-likeness (QED) is 0.708. The molecule has 0 saturated heterocycles. The number of nitrogens with one attached hydrogen (secondary N) is 1. The van der Waals surface area contributed by atoms with Crippen molar-refractivity contribution in [2.45, 2.75) is 0 Å². The Bertz CT molecular complexity index is 346. The number of halogens is 1. The molecule has 1 heterocycles. The van der Waals surface area contributed by atoms with Crippen LogP contribution >= 0.6 is 15.9 Å². The van der Waals surface area contributed by atoms with Crippen molar-refractivity contribution in [3.8, 4) is 0 Å². The van der Waals surface area contributed by atoms with Crippen LogP contribution in [0.25, 0.3) is 0 Å². The van der Waals surface area contributed by atoms with Crippen molar-refractivity contribution in [1.82, 2.24) is 9.97 Å². The standard InChI is InChI=1S/C5H3BrN2O3/c6-2-1-7-3(5(10)11)4(9)8-2/h1H,(H,8,9)(H,10,11). The molecule has 0 fully saturated rings. The van der Waals surface area contributed by atoms with Crippen molar-refractivity contribution >= 4 is 21.9 Å². The van der Waals surface area contributed by atoms with Crippen LogP contribution in [-0.2, 0) is 0 Å². The van der Waals surface area contributed by atoms with E-state index in [9.17, 15) is 9.59 Å². The van der Waals surface area contributed by atoms with Gasteiger partial charge in [0.05, 0.1) is 6.20 Å². The van der Waals surface area contributed by atoms with Crippen molar-refractivity contribution in [3.63, 3.8) is 0 Å². The molecule has 5 nitrogen and oxygen atoms in total. The van der Waals surface area contributed by atoms with Gasteiger partial charge in [-0.15, -0.1) is 0 Å². The number of aromatic amines is 1. The molecule has 0 unspecified atom stereocenters. The van der Waals surface area contributed by atoms with Crippen LogP contribution in [0.2, 0.25) is 0 Å². The Morgan fingerprint density at radius 3 is 2.82 bits per heavy atom. The van der Waals surface area contributed by atoms with E-state index in [0.29, 0.717) is 4.60 Å². The highest BCUT2D eigenvalue weighted by Crippen LogP contribution is 1.98. The molecule has 0 saturated carbocycles. The molecule has 0 aromatic carbocycles. The summed E-state index contributed by atoms with van der Waals surface area (Å²) in [5, 5.41) is 8.36. The zero-order valence-electron chi connectivity index (χ0n) is 5.17. The second kappa shape index (κ2) is 2.83. The fourth-order valence-electron chi connectivity index (χ4n) is 0.532. The van der Waals surface area contributed by atoms with Gasteiger partial charge in [-0.05, 0) is 15.9 Å². The molecule has 0 aliphatic carbocycles. The largest absolute Gasteiger partial charge is 0.476 e. The summed E-state index contributed by atoms with van der Waals surface area (Å²) >= 11 is 2.93. The monoisotopic (exact) mass is 218 g/mol. The highest BCUT2D eigenvalue weighted by atomic mass is 79.9. The fourth-order valence-corrected chi connectivity index (χ4v) is 0.815. The molecule has 0 atom stereocenters. The lowest BCUT2D eigenvalue weighted by atomic mass is 10.4. The third-order valence-corrected chi connectivity index (χ3v) is 1.36. The van der Waals surface area contributed by atoms with E-state index >= 15 is 0 Å². The van der Waals surface area contributed by atoms with E-state index in [2.05, 4.69) is 25.9 Å². The molecule has 1 aromatic rings. The van der Waals surface area contributed by atoms with E-state index in [1.165, 1.54) is 6.20 Å². The first-order valence-corrected chi connectivity index (χ1v) is 3.38. The van der Waals surface area contributed by atoms with Crippen LogP contribution < -0.4 is 5.56 Å². The number of carbonyl (C=O) groups is 1. The van der Waals surface area contributed by atoms with Gasteiger partial charge in [-0.25, -0.2) is 9.78 Å². The van der Waals surface area contributed by atoms with Gasteiger partial charge < -0.3 is 10.1 Å². The zero-order chi connectivity index (χ0) is 8.43. The van der Waals surface area contributed by atoms with Crippen LogP contribution in [0.1, 0.15) is 10.5 Å². The lowest BCUT2D eigenvalue weighted by molar-refractivity contribution is 0.0688. The van der Waals surface area contributed by atoms with E-state index in [0.717, 1.165) is 0 Å². The Morgan fingerprint density at radius 2 is 2.36 bits per heavy atom. The zero-order valence-corrected chi connectivity index (χ0v) is 6.75. The number of hydrogen-bond donors (Lipinski definition) is 2. The highest BCUT2D eigenvalue weighted by molar-refractivity contribution is 9.10. The van der Waals surface area contributed by atoms with Gasteiger partial charge in [0, 0.05) is 0 Å². The van der Waals surface area contributed by atoms with Crippen molar-refractivity contribution in [2.75, 3.05) is 0 Å². The fraction of sp³-hybridized carbons (Fsp3) is 0. The van der Waals surface area contributed by atoms with Gasteiger partial charge in [-0.2, -0.15) is 0 Å². The minimum absolute atomic E-state index is 0.354. The molecule has 1 rings (SSSR count). The summed E-state index contributed by atoms with van der Waals surface area (Å²) in [6.07, 6.45) is 1.21. The number of H-pyrrole nitrogens is 1. The van der Waals surface area contributed by atoms with Gasteiger partial charge >= 0.3 is 5.97 Å². The molecule has 2 N–H and O–H groups in total. The lowest BCUT2D eigenvalue weighted by Crippen LogP contribution is -2.19. The molecule has 0 radical (unpaired) electrons. The Kier molecular flexibility index (Phi) is 2.04. The molecular formula is C5H3BrN2O3. The van der Waals surface area contributed by atoms with Crippen LogP contribution in [0.15, 0.2) is 15.6 Å². The Balaban J connectivity index is 3.32. The number of aromatic nitrogens is 2. The van der Waals surface area contributed by atoms with E-state index in [1.807, 2.05) is 0 Å². The van der Waals surface area contributed by atoms with E-state index in [4.69, 9.17) is 5.11 Å². The summed E-state index contributed by atoms with van der Waals surface area (Å²) in [5.74, 6) is -1.33. The van der Waals surface area contributed by atoms with Gasteiger partial charge in [0.1, 0.15) is 4.60 Å². The van der Waals surface area contributed by atoms with Gasteiger partial charge in [0.25, 0.3) is 5.56 Å². The Hall–Kier alpha value is -1.17. The summed E-state index contributed by atoms with van der Waals surface area (Å²) in [6, 6.07) is 0. The van der Waals surface area contributed by atoms with Crippen molar-refractivity contribution in [3.05, 3.63) is 26.8 Å². The minimum Gasteiger partial charge on any atom is -0.476 e. The molecule has 6 heteroatoms. The second-order valence-electron chi connectivity index (χ2n) is 1.71. The third kappa shape index (κ3) is 1.64. The number of rotatable bonds is 1. The highest BCUT2D eigenvalue weighted by Gasteiger charge is 2.08. The average Bonchev–Trinajstić information content (AvgIpc) is 1.85. The molecule has 1 aromatic heterocycles. The lowest BCUT2D eigenvalue weighted by Gasteiger charge is -1.91. The molecule has 11 heavy (non-hydrogen) atoms. The van der Waals surface area contributed by atoms with Crippen LogP contribution in [0.5, 0.6) is 0 Å². The second-order valence-corrected chi connectivity index (χ2v) is 2.57. The number of carboxylic acid groups (broad SMARTS) is 1. The number of aromatic carboxylic acids is 1. The molecular weight excluding hydrogens is 216 g/mol. The maximum Gasteiger partial charge on any atom is 0.360 e. The summed E-state index contributed by atoms with van der Waals surface area (Å²) in [6.45, 7) is 0. The summed E-state index contributed by atoms with van der Waals surface area (Å²) in [5.41, 5.74) is -1.22. The maximum atomic E-state index is 10.8. The van der Waals surface area contributed by atoms with Crippen molar-refractivity contribution in [1.29, 1.82) is 0 Å². The third-order valence-electron chi connectivity index (χ3n) is 0.958.